The number of hydrogen-bond donors (Lipinski definition) is 3. The van der Waals surface area contributed by atoms with Gasteiger partial charge in [-0.25, -0.2) is 4.79 Å². The fourth-order valence-electron chi connectivity index (χ4n) is 2.30. The fraction of sp³-hybridized carbons (Fsp3) is 0.500. The molecule has 1 aromatic rings. The molecule has 3 N–H and O–H groups in total. The largest absolute Gasteiger partial charge is 0.396 e. The van der Waals surface area contributed by atoms with Crippen molar-refractivity contribution in [3.8, 4) is 0 Å². The van der Waals surface area contributed by atoms with E-state index in [1.165, 1.54) is 21.8 Å². The predicted molar refractivity (Wildman–Crippen MR) is 74.0 cm³/mol. The molecule has 0 unspecified atom stereocenters. The van der Waals surface area contributed by atoms with E-state index in [9.17, 15) is 14.7 Å². The Kier molecular flexibility index (Phi) is 4.07. The lowest BCUT2D eigenvalue weighted by Crippen LogP contribution is -2.34. The summed E-state index contributed by atoms with van der Waals surface area (Å²) < 4.78 is 1.37. The Morgan fingerprint density at radius 2 is 2.26 bits per heavy atom. The van der Waals surface area contributed by atoms with Crippen LogP contribution in [0, 0.1) is 11.3 Å². The highest BCUT2D eigenvalue weighted by molar-refractivity contribution is 9.11. The van der Waals surface area contributed by atoms with E-state index in [4.69, 9.17) is 5.11 Å². The summed E-state index contributed by atoms with van der Waals surface area (Å²) in [5.41, 5.74) is -1.06. The Hall–Kier alpha value is -1.18. The maximum absolute atomic E-state index is 11.7. The molecule has 104 valence electrons. The van der Waals surface area contributed by atoms with Crippen molar-refractivity contribution in [1.82, 2.24) is 9.55 Å². The minimum atomic E-state index is -0.506. The van der Waals surface area contributed by atoms with Gasteiger partial charge in [-0.05, 0) is 23.4 Å². The second kappa shape index (κ2) is 5.44. The number of aromatic nitrogens is 2. The second-order valence-corrected chi connectivity index (χ2v) is 5.40. The molecule has 1 aromatic heterocycles. The van der Waals surface area contributed by atoms with Crippen LogP contribution in [0.3, 0.4) is 0 Å². The minimum absolute atomic E-state index is 0.00601. The highest BCUT2D eigenvalue weighted by Crippen LogP contribution is 2.52. The van der Waals surface area contributed by atoms with Gasteiger partial charge in [0.2, 0.25) is 0 Å². The molecule has 0 saturated heterocycles. The maximum atomic E-state index is 11.7. The Morgan fingerprint density at radius 1 is 1.53 bits per heavy atom. The van der Waals surface area contributed by atoms with E-state index in [2.05, 4.69) is 20.9 Å². The molecule has 1 aliphatic rings. The molecule has 1 saturated carbocycles. The summed E-state index contributed by atoms with van der Waals surface area (Å²) in [7, 11) is 0. The lowest BCUT2D eigenvalue weighted by Gasteiger charge is -2.15. The van der Waals surface area contributed by atoms with Gasteiger partial charge in [-0.2, -0.15) is 0 Å². The van der Waals surface area contributed by atoms with Crippen molar-refractivity contribution in [3.63, 3.8) is 0 Å². The third-order valence-electron chi connectivity index (χ3n) is 3.66. The number of aliphatic hydroxyl groups excluding tert-OH is 2. The topological polar surface area (TPSA) is 95.3 Å². The number of nitrogens with zero attached hydrogens (tertiary/aromatic N) is 1. The van der Waals surface area contributed by atoms with Crippen molar-refractivity contribution < 1.29 is 10.2 Å². The number of H-pyrrole nitrogens is 1. The van der Waals surface area contributed by atoms with Crippen LogP contribution >= 0.6 is 15.9 Å². The zero-order valence-corrected chi connectivity index (χ0v) is 11.8. The SMILES string of the molecule is O=c1[nH]c(=O)n(C[C@]2(CO)C[C@H]2CO)cc1/C=C\Br. The van der Waals surface area contributed by atoms with Crippen molar-refractivity contribution in [2.75, 3.05) is 13.2 Å². The minimum Gasteiger partial charge on any atom is -0.396 e. The van der Waals surface area contributed by atoms with Gasteiger partial charge in [-0.3, -0.25) is 14.3 Å². The fourth-order valence-corrected chi connectivity index (χ4v) is 2.58. The van der Waals surface area contributed by atoms with Crippen LogP contribution in [0.1, 0.15) is 12.0 Å². The van der Waals surface area contributed by atoms with Gasteiger partial charge in [0.15, 0.2) is 0 Å². The standard InChI is InChI=1S/C12H15BrN2O4/c13-2-1-8-4-15(11(19)14-10(8)18)6-12(7-17)3-9(12)5-16/h1-2,4,9,16-17H,3,5-7H2,(H,14,18,19)/b2-1-/t9-,12-/m0/s1. The molecule has 1 aliphatic carbocycles. The zero-order chi connectivity index (χ0) is 14.0. The van der Waals surface area contributed by atoms with Crippen LogP contribution in [-0.4, -0.2) is 33.0 Å². The molecule has 2 rings (SSSR count). The van der Waals surface area contributed by atoms with E-state index >= 15 is 0 Å². The van der Waals surface area contributed by atoms with Gasteiger partial charge in [0.25, 0.3) is 5.56 Å². The predicted octanol–water partition coefficient (Wildman–Crippen LogP) is -0.107. The van der Waals surface area contributed by atoms with Crippen LogP contribution < -0.4 is 11.2 Å². The first-order valence-electron chi connectivity index (χ1n) is 5.88. The maximum Gasteiger partial charge on any atom is 0.328 e. The summed E-state index contributed by atoms with van der Waals surface area (Å²) in [5, 5.41) is 18.5. The van der Waals surface area contributed by atoms with Gasteiger partial charge < -0.3 is 10.2 Å². The third kappa shape index (κ3) is 2.72. The van der Waals surface area contributed by atoms with E-state index in [1.807, 2.05) is 0 Å². The number of aromatic amines is 1. The first-order chi connectivity index (χ1) is 9.06. The molecule has 1 fully saturated rings. The van der Waals surface area contributed by atoms with Gasteiger partial charge in [0.1, 0.15) is 0 Å². The van der Waals surface area contributed by atoms with Crippen LogP contribution in [0.5, 0.6) is 0 Å². The molecule has 7 heteroatoms. The summed E-state index contributed by atoms with van der Waals surface area (Å²) in [6.07, 6.45) is 3.68. The number of hydrogen-bond acceptors (Lipinski definition) is 4. The summed E-state index contributed by atoms with van der Waals surface area (Å²) in [5.74, 6) is 0.00601. The molecule has 0 aliphatic heterocycles. The van der Waals surface area contributed by atoms with Crippen molar-refractivity contribution in [1.29, 1.82) is 0 Å². The number of rotatable bonds is 5. The monoisotopic (exact) mass is 330 g/mol. The normalized spacial score (nSPS) is 25.9. The first kappa shape index (κ1) is 14.2. The van der Waals surface area contributed by atoms with Crippen molar-refractivity contribution in [2.24, 2.45) is 11.3 Å². The molecule has 2 atom stereocenters. The highest BCUT2D eigenvalue weighted by atomic mass is 79.9. The Labute approximate surface area is 117 Å². The van der Waals surface area contributed by atoms with Crippen LogP contribution in [0.25, 0.3) is 6.08 Å². The molecule has 0 spiro atoms. The summed E-state index contributed by atoms with van der Waals surface area (Å²) >= 11 is 3.08. The lowest BCUT2D eigenvalue weighted by molar-refractivity contribution is 0.156. The molecule has 0 bridgehead atoms. The Balaban J connectivity index is 2.33. The van der Waals surface area contributed by atoms with Crippen molar-refractivity contribution >= 4 is 22.0 Å². The molecular weight excluding hydrogens is 316 g/mol. The molecular formula is C12H15BrN2O4. The number of nitrogens with one attached hydrogen (secondary N) is 1. The first-order valence-corrected chi connectivity index (χ1v) is 6.80. The molecule has 19 heavy (non-hydrogen) atoms. The van der Waals surface area contributed by atoms with E-state index < -0.39 is 16.7 Å². The lowest BCUT2D eigenvalue weighted by atomic mass is 10.1. The molecule has 1 heterocycles. The summed E-state index contributed by atoms with van der Waals surface area (Å²) in [6, 6.07) is 0. The van der Waals surface area contributed by atoms with Crippen LogP contribution in [0.2, 0.25) is 0 Å². The average molecular weight is 331 g/mol. The quantitative estimate of drug-likeness (QED) is 0.702. The van der Waals surface area contributed by atoms with Gasteiger partial charge >= 0.3 is 5.69 Å². The smallest absolute Gasteiger partial charge is 0.328 e. The molecule has 6 nitrogen and oxygen atoms in total. The van der Waals surface area contributed by atoms with Gasteiger partial charge in [-0.15, -0.1) is 0 Å². The van der Waals surface area contributed by atoms with E-state index in [0.29, 0.717) is 12.0 Å². The second-order valence-electron chi connectivity index (χ2n) is 4.87. The van der Waals surface area contributed by atoms with Gasteiger partial charge in [-0.1, -0.05) is 15.9 Å². The van der Waals surface area contributed by atoms with Crippen LogP contribution in [0.15, 0.2) is 20.8 Å². The van der Waals surface area contributed by atoms with E-state index in [-0.39, 0.29) is 25.7 Å². The molecule has 0 amide bonds. The highest BCUT2D eigenvalue weighted by Gasteiger charge is 2.53. The molecule has 0 aromatic carbocycles. The van der Waals surface area contributed by atoms with Crippen LogP contribution in [0.4, 0.5) is 0 Å². The van der Waals surface area contributed by atoms with Crippen molar-refractivity contribution in [2.45, 2.75) is 13.0 Å². The third-order valence-corrected chi connectivity index (χ3v) is 3.92. The Morgan fingerprint density at radius 3 is 2.79 bits per heavy atom. The van der Waals surface area contributed by atoms with Gasteiger partial charge in [0, 0.05) is 24.8 Å². The molecule has 0 radical (unpaired) electrons. The number of aliphatic hydroxyl groups is 2. The number of halogens is 1. The van der Waals surface area contributed by atoms with Crippen molar-refractivity contribution in [3.05, 3.63) is 37.6 Å². The average Bonchev–Trinajstić information content (AvgIpc) is 3.09. The van der Waals surface area contributed by atoms with E-state index in [1.54, 1.807) is 0 Å². The summed E-state index contributed by atoms with van der Waals surface area (Å²) in [4.78, 5) is 27.0. The summed E-state index contributed by atoms with van der Waals surface area (Å²) in [6.45, 7) is 0.188. The Bertz CT molecular complexity index is 606. The van der Waals surface area contributed by atoms with Crippen LogP contribution in [-0.2, 0) is 6.54 Å². The zero-order valence-electron chi connectivity index (χ0n) is 10.2. The van der Waals surface area contributed by atoms with E-state index in [0.717, 1.165) is 0 Å². The van der Waals surface area contributed by atoms with Gasteiger partial charge in [0.05, 0.1) is 12.2 Å².